The number of carbonyl (C=O) groups is 1. The van der Waals surface area contributed by atoms with Gasteiger partial charge < -0.3 is 10.7 Å². The van der Waals surface area contributed by atoms with E-state index in [9.17, 15) is 4.79 Å². The molecule has 1 heterocycles. The van der Waals surface area contributed by atoms with Crippen LogP contribution in [0, 0.1) is 23.2 Å². The van der Waals surface area contributed by atoms with Gasteiger partial charge >= 0.3 is 0 Å². The first-order valence-electron chi connectivity index (χ1n) is 7.89. The van der Waals surface area contributed by atoms with E-state index in [1.807, 2.05) is 6.21 Å². The van der Waals surface area contributed by atoms with Crippen molar-refractivity contribution < 1.29 is 4.79 Å². The predicted molar refractivity (Wildman–Crippen MR) is 84.6 cm³/mol. The Balaban J connectivity index is 3.02. The summed E-state index contributed by atoms with van der Waals surface area (Å²) in [6, 6.07) is 0.116. The quantitative estimate of drug-likeness (QED) is 0.836. The molecule has 1 amide bonds. The zero-order chi connectivity index (χ0) is 15.3. The molecule has 1 aliphatic heterocycles. The van der Waals surface area contributed by atoms with E-state index in [-0.39, 0.29) is 23.3 Å². The molecule has 0 saturated carbocycles. The van der Waals surface area contributed by atoms with Crippen LogP contribution in [0.5, 0.6) is 0 Å². The van der Waals surface area contributed by atoms with E-state index in [0.29, 0.717) is 18.4 Å². The van der Waals surface area contributed by atoms with Crippen molar-refractivity contribution >= 4 is 12.1 Å². The van der Waals surface area contributed by atoms with Crippen LogP contribution >= 0.6 is 0 Å². The Morgan fingerprint density at radius 3 is 2.50 bits per heavy atom. The Morgan fingerprint density at radius 1 is 1.35 bits per heavy atom. The van der Waals surface area contributed by atoms with Gasteiger partial charge in [0.25, 0.3) is 0 Å². The largest absolute Gasteiger partial charge is 0.355 e. The van der Waals surface area contributed by atoms with Gasteiger partial charge in [0.15, 0.2) is 0 Å². The van der Waals surface area contributed by atoms with Crippen molar-refractivity contribution in [2.24, 2.45) is 28.3 Å². The van der Waals surface area contributed by atoms with Crippen LogP contribution in [0.3, 0.4) is 0 Å². The maximum absolute atomic E-state index is 12.4. The number of carbonyl (C=O) groups excluding carboxylic acids is 1. The van der Waals surface area contributed by atoms with Crippen LogP contribution in [0.15, 0.2) is 5.10 Å². The first-order valence-corrected chi connectivity index (χ1v) is 7.89. The zero-order valence-electron chi connectivity index (χ0n) is 13.9. The molecule has 20 heavy (non-hydrogen) atoms. The molecule has 0 aliphatic carbocycles. The van der Waals surface area contributed by atoms with Crippen molar-refractivity contribution in [2.75, 3.05) is 6.54 Å². The molecule has 1 rings (SSSR count). The van der Waals surface area contributed by atoms with E-state index in [0.717, 1.165) is 12.8 Å². The van der Waals surface area contributed by atoms with Crippen LogP contribution in [0.25, 0.3) is 0 Å². The highest BCUT2D eigenvalue weighted by Crippen LogP contribution is 2.31. The minimum absolute atomic E-state index is 0.00630. The zero-order valence-corrected chi connectivity index (χ0v) is 13.9. The maximum atomic E-state index is 12.4. The van der Waals surface area contributed by atoms with E-state index in [1.165, 1.54) is 0 Å². The summed E-state index contributed by atoms with van der Waals surface area (Å²) in [6.07, 6.45) is 3.78. The molecular formula is C16H31N3O. The number of hydrogen-bond donors (Lipinski definition) is 2. The minimum atomic E-state index is -0.0106. The summed E-state index contributed by atoms with van der Waals surface area (Å²) in [5.41, 5.74) is 3.21. The standard InChI is InChI=1S/C16H31N3O/c1-7-12-14(8-2)19-18-9-13(11(3)4)16(5,6)10-17-15(12)20/h9,11-14,19H,7-8,10H2,1-6H3,(H,17,20)/b18-9+/t12?,13-,14+/m0/s1. The van der Waals surface area contributed by atoms with Gasteiger partial charge in [-0.2, -0.15) is 5.10 Å². The van der Waals surface area contributed by atoms with Gasteiger partial charge in [-0.15, -0.1) is 0 Å². The Bertz CT molecular complexity index is 350. The molecule has 0 fully saturated rings. The predicted octanol–water partition coefficient (Wildman–Crippen LogP) is 2.79. The molecule has 0 saturated heterocycles. The van der Waals surface area contributed by atoms with Crippen LogP contribution in [-0.4, -0.2) is 24.7 Å². The van der Waals surface area contributed by atoms with Crippen LogP contribution < -0.4 is 10.7 Å². The van der Waals surface area contributed by atoms with Crippen molar-refractivity contribution in [1.29, 1.82) is 0 Å². The highest BCUT2D eigenvalue weighted by molar-refractivity contribution is 5.79. The van der Waals surface area contributed by atoms with Crippen molar-refractivity contribution in [2.45, 2.75) is 60.4 Å². The Kier molecular flexibility index (Phi) is 6.03. The van der Waals surface area contributed by atoms with Crippen molar-refractivity contribution in [3.63, 3.8) is 0 Å². The summed E-state index contributed by atoms with van der Waals surface area (Å²) in [7, 11) is 0. The first-order chi connectivity index (χ1) is 9.33. The summed E-state index contributed by atoms with van der Waals surface area (Å²) in [6.45, 7) is 13.7. The molecule has 3 atom stereocenters. The minimum Gasteiger partial charge on any atom is -0.355 e. The van der Waals surface area contributed by atoms with Crippen molar-refractivity contribution in [1.82, 2.24) is 10.7 Å². The molecule has 0 aromatic rings. The molecule has 0 aromatic heterocycles. The highest BCUT2D eigenvalue weighted by Gasteiger charge is 2.34. The maximum Gasteiger partial charge on any atom is 0.225 e. The number of nitrogens with one attached hydrogen (secondary N) is 2. The van der Waals surface area contributed by atoms with E-state index in [1.54, 1.807) is 0 Å². The summed E-state index contributed by atoms with van der Waals surface area (Å²) in [5, 5.41) is 7.61. The fourth-order valence-corrected chi connectivity index (χ4v) is 3.18. The lowest BCUT2D eigenvalue weighted by atomic mass is 9.73. The number of hydrogen-bond acceptors (Lipinski definition) is 3. The number of amides is 1. The summed E-state index contributed by atoms with van der Waals surface area (Å²) < 4.78 is 0. The number of rotatable bonds is 3. The Hall–Kier alpha value is -1.06. The van der Waals surface area contributed by atoms with E-state index >= 15 is 0 Å². The van der Waals surface area contributed by atoms with Crippen molar-refractivity contribution in [3.05, 3.63) is 0 Å². The van der Waals surface area contributed by atoms with E-state index < -0.39 is 0 Å². The molecule has 1 aliphatic rings. The van der Waals surface area contributed by atoms with Gasteiger partial charge in [-0.05, 0) is 24.2 Å². The molecule has 2 N–H and O–H groups in total. The van der Waals surface area contributed by atoms with Gasteiger partial charge in [0.2, 0.25) is 5.91 Å². The molecule has 0 radical (unpaired) electrons. The Labute approximate surface area is 123 Å². The molecule has 0 spiro atoms. The molecule has 0 bridgehead atoms. The third kappa shape index (κ3) is 3.97. The molecule has 1 unspecified atom stereocenters. The lowest BCUT2D eigenvalue weighted by Crippen LogP contribution is -2.48. The monoisotopic (exact) mass is 281 g/mol. The molecule has 0 aromatic carbocycles. The van der Waals surface area contributed by atoms with Crippen LogP contribution in [0.2, 0.25) is 0 Å². The van der Waals surface area contributed by atoms with Gasteiger partial charge in [-0.1, -0.05) is 41.5 Å². The summed E-state index contributed by atoms with van der Waals surface area (Å²) >= 11 is 0. The first kappa shape index (κ1) is 17.0. The second-order valence-corrected chi connectivity index (χ2v) is 6.91. The van der Waals surface area contributed by atoms with Crippen molar-refractivity contribution in [3.8, 4) is 0 Å². The fourth-order valence-electron chi connectivity index (χ4n) is 3.18. The highest BCUT2D eigenvalue weighted by atomic mass is 16.1. The Morgan fingerprint density at radius 2 is 2.00 bits per heavy atom. The second-order valence-electron chi connectivity index (χ2n) is 6.91. The number of hydrazone groups is 1. The van der Waals surface area contributed by atoms with Crippen LogP contribution in [0.1, 0.15) is 54.4 Å². The van der Waals surface area contributed by atoms with Gasteiger partial charge in [-0.3, -0.25) is 4.79 Å². The topological polar surface area (TPSA) is 53.5 Å². The molecular weight excluding hydrogens is 250 g/mol. The smallest absolute Gasteiger partial charge is 0.225 e. The average molecular weight is 281 g/mol. The summed E-state index contributed by atoms with van der Waals surface area (Å²) in [5.74, 6) is 0.975. The molecule has 4 heteroatoms. The SMILES string of the molecule is CCC1C(=O)NCC(C)(C)[C@H](C(C)C)/C=N/N[C@@H]1CC. The summed E-state index contributed by atoms with van der Waals surface area (Å²) in [4.78, 5) is 12.4. The van der Waals surface area contributed by atoms with E-state index in [4.69, 9.17) is 0 Å². The second kappa shape index (κ2) is 7.09. The van der Waals surface area contributed by atoms with E-state index in [2.05, 4.69) is 57.4 Å². The molecule has 116 valence electrons. The lowest BCUT2D eigenvalue weighted by molar-refractivity contribution is -0.126. The third-order valence-electron chi connectivity index (χ3n) is 4.52. The van der Waals surface area contributed by atoms with Crippen LogP contribution in [0.4, 0.5) is 0 Å². The number of nitrogens with zero attached hydrogens (tertiary/aromatic N) is 1. The normalized spacial score (nSPS) is 32.4. The fraction of sp³-hybridized carbons (Fsp3) is 0.875. The van der Waals surface area contributed by atoms with Gasteiger partial charge in [0.05, 0.1) is 12.0 Å². The lowest BCUT2D eigenvalue weighted by Gasteiger charge is -2.37. The van der Waals surface area contributed by atoms with Gasteiger partial charge in [-0.25, -0.2) is 0 Å². The van der Waals surface area contributed by atoms with Gasteiger partial charge in [0, 0.05) is 18.7 Å². The van der Waals surface area contributed by atoms with Gasteiger partial charge in [0.1, 0.15) is 0 Å². The average Bonchev–Trinajstić information content (AvgIpc) is 2.38. The third-order valence-corrected chi connectivity index (χ3v) is 4.52. The van der Waals surface area contributed by atoms with Crippen LogP contribution in [-0.2, 0) is 4.79 Å². The molecule has 4 nitrogen and oxygen atoms in total.